The zero-order chi connectivity index (χ0) is 77.5. The maximum absolute atomic E-state index is 14.6. The molecule has 0 aliphatic rings. The molecule has 5 atom stereocenters. The van der Waals surface area contributed by atoms with Crippen molar-refractivity contribution in [2.45, 2.75) is 464 Å². The van der Waals surface area contributed by atoms with Gasteiger partial charge in [0.25, 0.3) is 0 Å². The molecule has 4 unspecified atom stereocenters. The number of ether oxygens (including phenoxy) is 2. The van der Waals surface area contributed by atoms with Crippen LogP contribution in [0.3, 0.4) is 0 Å². The van der Waals surface area contributed by atoms with Crippen LogP contribution in [0.1, 0.15) is 360 Å². The fourth-order valence-corrected chi connectivity index (χ4v) is 18.6. The molecule has 103 heavy (non-hydrogen) atoms. The zero-order valence-corrected chi connectivity index (χ0v) is 77.2. The summed E-state index contributed by atoms with van der Waals surface area (Å²) in [6, 6.07) is 9.06. The first-order valence-corrected chi connectivity index (χ1v) is 55.3. The van der Waals surface area contributed by atoms with E-state index in [9.17, 15) is 9.59 Å². The van der Waals surface area contributed by atoms with E-state index in [0.29, 0.717) is 19.3 Å². The molecule has 1 N–H and O–H groups in total. The summed E-state index contributed by atoms with van der Waals surface area (Å²) >= 11 is 0. The third-order valence-electron chi connectivity index (χ3n) is 24.0. The number of nitrogens with one attached hydrogen (secondary N) is 1. The van der Waals surface area contributed by atoms with Gasteiger partial charge in [-0.2, -0.15) is 0 Å². The van der Waals surface area contributed by atoms with E-state index >= 15 is 0 Å². The second-order valence-corrected chi connectivity index (χ2v) is 57.0. The van der Waals surface area contributed by atoms with Gasteiger partial charge in [-0.15, -0.1) is 0 Å². The standard InChI is InChI=1S/C88H177N3O8Si4/c1-25-29-33-37-41-45-49-56-64-78(96-100(17,18)85(5,6)7)73-90(74-79(97-101(19,20)86(8,9)10)65-57-50-46-42-38-34-30-26-2)68-60-70-94-83(92)82(72-77-62-54-53-55-63-77)89-84(93)95-71-61-69-91(75-80(98-102(21,22)87(11,12)13)66-58-51-47-43-39-35-31-27-3)76-81(99-103(23,24)88(14,15)16)67-59-52-48-44-40-36-32-28-4/h53-55,62-63,78-82H,25-52,56-61,64-76H2,1-24H3,(H,89,93)/t78?,79?,80?,81?,82-/m0/s1. The lowest BCUT2D eigenvalue weighted by Crippen LogP contribution is -2.50. The number of alkyl carbamates (subject to hydrolysis) is 1. The van der Waals surface area contributed by atoms with E-state index in [2.05, 4.69) is 178 Å². The SMILES string of the molecule is CCCCCCCCCCC(CN(CCCOC(=O)N[C@@H](Cc1ccccc1)C(=O)OCCCN(CC(CCCCCCCCCC)O[Si](C)(C)C(C)(C)C)CC(CCCCCCCCCC)O[Si](C)(C)C(C)(C)C)CC(CCCCCCCCCC)O[Si](C)(C)C(C)(C)C)O[Si](C)(C)C(C)(C)C. The van der Waals surface area contributed by atoms with Crippen LogP contribution in [-0.2, 0) is 38.4 Å². The van der Waals surface area contributed by atoms with Crippen LogP contribution in [0.4, 0.5) is 4.79 Å². The Morgan fingerprint density at radius 1 is 0.350 bits per heavy atom. The average molecular weight is 1520 g/mol. The predicted molar refractivity (Wildman–Crippen MR) is 459 cm³/mol. The first-order valence-electron chi connectivity index (χ1n) is 43.6. The predicted octanol–water partition coefficient (Wildman–Crippen LogP) is 26.9. The molecule has 0 aromatic heterocycles. The molecule has 0 aliphatic carbocycles. The lowest BCUT2D eigenvalue weighted by atomic mass is 10.0. The molecule has 11 nitrogen and oxygen atoms in total. The number of carbonyl (C=O) groups is 2. The molecular formula is C88H177N3O8Si4. The van der Waals surface area contributed by atoms with Crippen LogP contribution >= 0.6 is 0 Å². The molecule has 0 saturated carbocycles. The number of amides is 1. The molecule has 1 aromatic rings. The van der Waals surface area contributed by atoms with Gasteiger partial charge in [-0.05, 0) is 117 Å². The quantitative estimate of drug-likeness (QED) is 0.0385. The van der Waals surface area contributed by atoms with E-state index < -0.39 is 51.4 Å². The van der Waals surface area contributed by atoms with Gasteiger partial charge in [0, 0.05) is 45.7 Å². The van der Waals surface area contributed by atoms with Gasteiger partial charge in [0.2, 0.25) is 0 Å². The monoisotopic (exact) mass is 1520 g/mol. The highest BCUT2D eigenvalue weighted by Crippen LogP contribution is 2.42. The molecule has 608 valence electrons. The highest BCUT2D eigenvalue weighted by atomic mass is 28.4. The molecule has 0 fully saturated rings. The number of nitrogens with zero attached hydrogens (tertiary/aromatic N) is 2. The average Bonchev–Trinajstić information content (AvgIpc) is 0.841. The number of rotatable bonds is 64. The normalized spacial score (nSPS) is 14.7. The Morgan fingerprint density at radius 3 is 0.845 bits per heavy atom. The van der Waals surface area contributed by atoms with Crippen LogP contribution in [0.5, 0.6) is 0 Å². The van der Waals surface area contributed by atoms with Crippen molar-refractivity contribution in [1.82, 2.24) is 15.1 Å². The fourth-order valence-electron chi connectivity index (χ4n) is 13.1. The van der Waals surface area contributed by atoms with E-state index in [1.54, 1.807) is 0 Å². The largest absolute Gasteiger partial charge is 0.464 e. The van der Waals surface area contributed by atoms with E-state index in [4.69, 9.17) is 27.2 Å². The second kappa shape index (κ2) is 54.3. The molecule has 0 radical (unpaired) electrons. The highest BCUT2D eigenvalue weighted by molar-refractivity contribution is 6.75. The summed E-state index contributed by atoms with van der Waals surface area (Å²) in [5.74, 6) is -0.435. The maximum Gasteiger partial charge on any atom is 0.407 e. The van der Waals surface area contributed by atoms with E-state index in [1.165, 1.54) is 180 Å². The van der Waals surface area contributed by atoms with Gasteiger partial charge in [-0.1, -0.05) is 347 Å². The minimum Gasteiger partial charge on any atom is -0.464 e. The van der Waals surface area contributed by atoms with Gasteiger partial charge in [0.05, 0.1) is 37.6 Å². The Morgan fingerprint density at radius 2 is 0.592 bits per heavy atom. The smallest absolute Gasteiger partial charge is 0.407 e. The summed E-state index contributed by atoms with van der Waals surface area (Å²) in [4.78, 5) is 34.0. The van der Waals surface area contributed by atoms with Crippen LogP contribution in [0.15, 0.2) is 30.3 Å². The molecule has 15 heteroatoms. The minimum absolute atomic E-state index is 0.0823. The molecule has 0 bridgehead atoms. The van der Waals surface area contributed by atoms with Gasteiger partial charge >= 0.3 is 12.1 Å². The number of unbranched alkanes of at least 4 members (excludes halogenated alkanes) is 28. The number of carbonyl (C=O) groups excluding carboxylic acids is 2. The topological polar surface area (TPSA) is 108 Å². The van der Waals surface area contributed by atoms with Crippen LogP contribution in [0.25, 0.3) is 0 Å². The van der Waals surface area contributed by atoms with Crippen molar-refractivity contribution in [3.63, 3.8) is 0 Å². The summed E-state index contributed by atoms with van der Waals surface area (Å²) in [5.41, 5.74) is 0.947. The van der Waals surface area contributed by atoms with Crippen molar-refractivity contribution in [3.8, 4) is 0 Å². The number of benzene rings is 1. The Bertz CT molecular complexity index is 2120. The van der Waals surface area contributed by atoms with Gasteiger partial charge < -0.3 is 32.5 Å². The van der Waals surface area contributed by atoms with Gasteiger partial charge in [-0.3, -0.25) is 9.80 Å². The molecule has 0 heterocycles. The van der Waals surface area contributed by atoms with Crippen molar-refractivity contribution in [3.05, 3.63) is 35.9 Å². The van der Waals surface area contributed by atoms with Crippen molar-refractivity contribution in [2.24, 2.45) is 0 Å². The molecule has 1 aromatic carbocycles. The van der Waals surface area contributed by atoms with E-state index in [-0.39, 0.29) is 57.8 Å². The number of hydrogen-bond acceptors (Lipinski definition) is 10. The third kappa shape index (κ3) is 46.8. The minimum atomic E-state index is -2.13. The Balaban J connectivity index is 3.67. The first-order chi connectivity index (χ1) is 48.3. The van der Waals surface area contributed by atoms with Crippen LogP contribution in [-0.4, -0.2) is 138 Å². The summed E-state index contributed by atoms with van der Waals surface area (Å²) in [6.07, 6.45) is 46.7. The number of esters is 1. The summed E-state index contributed by atoms with van der Waals surface area (Å²) in [7, 11) is -8.52. The Kier molecular flexibility index (Phi) is 52.5. The van der Waals surface area contributed by atoms with Crippen molar-refractivity contribution >= 4 is 45.3 Å². The molecule has 0 aliphatic heterocycles. The summed E-state index contributed by atoms with van der Waals surface area (Å²) in [6.45, 7) is 62.1. The van der Waals surface area contributed by atoms with Gasteiger partial charge in [-0.25, -0.2) is 9.59 Å². The van der Waals surface area contributed by atoms with Crippen LogP contribution < -0.4 is 5.32 Å². The lowest BCUT2D eigenvalue weighted by molar-refractivity contribution is -0.146. The lowest BCUT2D eigenvalue weighted by Gasteiger charge is -2.42. The summed E-state index contributed by atoms with van der Waals surface area (Å²) in [5, 5.41) is 3.36. The molecular weight excluding hydrogens is 1340 g/mol. The van der Waals surface area contributed by atoms with Crippen molar-refractivity contribution < 1.29 is 36.8 Å². The number of hydrogen-bond donors (Lipinski definition) is 1. The van der Waals surface area contributed by atoms with E-state index in [0.717, 1.165) is 96.2 Å². The van der Waals surface area contributed by atoms with Crippen molar-refractivity contribution in [1.29, 1.82) is 0 Å². The summed E-state index contributed by atoms with van der Waals surface area (Å²) < 4.78 is 42.2. The fraction of sp³-hybridized carbons (Fsp3) is 0.909. The molecule has 0 spiro atoms. The van der Waals surface area contributed by atoms with Crippen LogP contribution in [0, 0.1) is 0 Å². The van der Waals surface area contributed by atoms with E-state index in [1.807, 2.05) is 30.3 Å². The van der Waals surface area contributed by atoms with Gasteiger partial charge in [0.15, 0.2) is 33.3 Å². The maximum atomic E-state index is 14.6. The Hall–Kier alpha value is -1.41. The highest BCUT2D eigenvalue weighted by Gasteiger charge is 2.44. The zero-order valence-electron chi connectivity index (χ0n) is 73.2. The van der Waals surface area contributed by atoms with Crippen LogP contribution in [0.2, 0.25) is 72.5 Å². The molecule has 0 saturated heterocycles. The third-order valence-corrected chi connectivity index (χ3v) is 42.1. The Labute approximate surface area is 645 Å². The van der Waals surface area contributed by atoms with Gasteiger partial charge in [0.1, 0.15) is 6.04 Å². The first kappa shape index (κ1) is 99.6. The molecule has 1 rings (SSSR count). The second-order valence-electron chi connectivity index (χ2n) is 38.0. The van der Waals surface area contributed by atoms with Crippen molar-refractivity contribution in [2.75, 3.05) is 52.5 Å². The molecule has 1 amide bonds.